The predicted molar refractivity (Wildman–Crippen MR) is 155 cm³/mol. The second kappa shape index (κ2) is 16.1. The molecule has 2 aliphatic heterocycles. The van der Waals surface area contributed by atoms with E-state index in [1.807, 2.05) is 24.3 Å². The summed E-state index contributed by atoms with van der Waals surface area (Å²) < 4.78 is 21.8. The molecule has 3 N–H and O–H groups in total. The monoisotopic (exact) mass is 526 g/mol. The number of nitrogens with two attached hydrogens (primary N) is 1. The maximum Gasteiger partial charge on any atom is 0.119 e. The van der Waals surface area contributed by atoms with Crippen LogP contribution in [0.4, 0.5) is 0 Å². The molecular weight excluding hydrogens is 476 g/mol. The Morgan fingerprint density at radius 3 is 1.76 bits per heavy atom. The molecule has 2 aliphatic rings. The van der Waals surface area contributed by atoms with E-state index >= 15 is 0 Å². The number of nitrogens with one attached hydrogen (secondary N) is 1. The van der Waals surface area contributed by atoms with Crippen LogP contribution in [0.2, 0.25) is 0 Å². The van der Waals surface area contributed by atoms with Crippen molar-refractivity contribution in [3.63, 3.8) is 0 Å². The van der Waals surface area contributed by atoms with Crippen molar-refractivity contribution in [3.05, 3.63) is 59.7 Å². The van der Waals surface area contributed by atoms with E-state index in [1.54, 1.807) is 0 Å². The molecule has 0 saturated carbocycles. The van der Waals surface area contributed by atoms with Crippen molar-refractivity contribution >= 4 is 0 Å². The number of hydrogen-bond donors (Lipinski definition) is 2. The van der Waals surface area contributed by atoms with Gasteiger partial charge in [0.1, 0.15) is 36.9 Å². The van der Waals surface area contributed by atoms with Crippen LogP contribution in [-0.2, 0) is 14.9 Å². The summed E-state index contributed by atoms with van der Waals surface area (Å²) in [5.74, 6) is 2.65. The molecule has 0 aromatic heterocycles. The maximum atomic E-state index is 5.72. The lowest BCUT2D eigenvalue weighted by molar-refractivity contribution is 0.263. The Labute approximate surface area is 230 Å². The first kappa shape index (κ1) is 30.4. The van der Waals surface area contributed by atoms with Crippen molar-refractivity contribution in [3.8, 4) is 11.5 Å². The van der Waals surface area contributed by atoms with E-state index in [0.717, 1.165) is 50.1 Å². The van der Waals surface area contributed by atoms with Gasteiger partial charge in [-0.15, -0.1) is 0 Å². The highest BCUT2D eigenvalue weighted by Crippen LogP contribution is 2.33. The number of epoxide rings is 2. The van der Waals surface area contributed by atoms with Gasteiger partial charge in [-0.1, -0.05) is 71.2 Å². The SMILES string of the molecule is CC(C)(c1ccc(OCC2CO2)cc1)c1ccc(OCC2CO2)cc1.CCCCC(CC)CNCCCN. The molecule has 3 atom stereocenters. The summed E-state index contributed by atoms with van der Waals surface area (Å²) >= 11 is 0. The molecule has 2 heterocycles. The molecule has 2 aromatic rings. The molecular formula is C32H50N2O4. The van der Waals surface area contributed by atoms with Gasteiger partial charge >= 0.3 is 0 Å². The number of hydrogen-bond acceptors (Lipinski definition) is 6. The first-order chi connectivity index (χ1) is 18.5. The molecule has 2 fully saturated rings. The van der Waals surface area contributed by atoms with Crippen LogP contribution in [0.25, 0.3) is 0 Å². The molecule has 0 radical (unpaired) electrons. The van der Waals surface area contributed by atoms with Gasteiger partial charge in [-0.2, -0.15) is 0 Å². The topological polar surface area (TPSA) is 81.6 Å². The minimum atomic E-state index is -0.0870. The summed E-state index contributed by atoms with van der Waals surface area (Å²) in [6.07, 6.45) is 7.03. The highest BCUT2D eigenvalue weighted by Gasteiger charge is 2.25. The minimum Gasteiger partial charge on any atom is -0.491 e. The van der Waals surface area contributed by atoms with Gasteiger partial charge in [-0.05, 0) is 73.8 Å². The van der Waals surface area contributed by atoms with Gasteiger partial charge in [0.05, 0.1) is 13.2 Å². The van der Waals surface area contributed by atoms with Crippen molar-refractivity contribution < 1.29 is 18.9 Å². The molecule has 0 amide bonds. The van der Waals surface area contributed by atoms with Gasteiger partial charge < -0.3 is 30.0 Å². The van der Waals surface area contributed by atoms with Crippen LogP contribution in [0.1, 0.15) is 70.9 Å². The summed E-state index contributed by atoms with van der Waals surface area (Å²) in [6, 6.07) is 16.7. The Bertz CT molecular complexity index is 831. The Morgan fingerprint density at radius 1 is 0.868 bits per heavy atom. The molecule has 212 valence electrons. The third-order valence-corrected chi connectivity index (χ3v) is 7.36. The Morgan fingerprint density at radius 2 is 1.37 bits per heavy atom. The molecule has 4 rings (SSSR count). The van der Waals surface area contributed by atoms with Crippen molar-refractivity contribution in [2.45, 2.75) is 77.4 Å². The van der Waals surface area contributed by atoms with Crippen LogP contribution in [0.5, 0.6) is 11.5 Å². The Balaban J connectivity index is 0.000000263. The fourth-order valence-corrected chi connectivity index (χ4v) is 4.29. The summed E-state index contributed by atoms with van der Waals surface area (Å²) in [5, 5.41) is 3.47. The normalized spacial score (nSPS) is 18.8. The van der Waals surface area contributed by atoms with Crippen LogP contribution < -0.4 is 20.5 Å². The van der Waals surface area contributed by atoms with E-state index in [9.17, 15) is 0 Å². The highest BCUT2D eigenvalue weighted by atomic mass is 16.6. The standard InChI is InChI=1S/C21H24O4.C11H26N2/c1-21(2,15-3-7-17(8-4-15)22-11-19-13-24-19)16-5-9-18(10-6-16)23-12-20-14-25-20;1-3-5-7-11(4-2)10-13-9-6-8-12/h3-10,19-20H,11-14H2,1-2H3;11,13H,3-10,12H2,1-2H3. The Kier molecular flexibility index (Phi) is 12.9. The van der Waals surface area contributed by atoms with E-state index in [0.29, 0.717) is 13.2 Å². The first-order valence-corrected chi connectivity index (χ1v) is 14.6. The fraction of sp³-hybridized carbons (Fsp3) is 0.625. The van der Waals surface area contributed by atoms with Crippen molar-refractivity contribution in [2.24, 2.45) is 11.7 Å². The summed E-state index contributed by atoms with van der Waals surface area (Å²) in [5.41, 5.74) is 7.84. The van der Waals surface area contributed by atoms with Gasteiger partial charge in [0.2, 0.25) is 0 Å². The van der Waals surface area contributed by atoms with Crippen molar-refractivity contribution in [2.75, 3.05) is 46.1 Å². The summed E-state index contributed by atoms with van der Waals surface area (Å²) in [7, 11) is 0. The largest absolute Gasteiger partial charge is 0.491 e. The average Bonchev–Trinajstić information content (AvgIpc) is 3.87. The lowest BCUT2D eigenvalue weighted by Gasteiger charge is -2.26. The second-order valence-electron chi connectivity index (χ2n) is 11.0. The van der Waals surface area contributed by atoms with Crippen LogP contribution >= 0.6 is 0 Å². The maximum absolute atomic E-state index is 5.72. The molecule has 0 bridgehead atoms. The zero-order valence-electron chi connectivity index (χ0n) is 24.0. The van der Waals surface area contributed by atoms with E-state index in [2.05, 4.69) is 57.3 Å². The molecule has 0 aliphatic carbocycles. The van der Waals surface area contributed by atoms with E-state index in [1.165, 1.54) is 43.4 Å². The third kappa shape index (κ3) is 10.9. The van der Waals surface area contributed by atoms with Gasteiger partial charge in [0.15, 0.2) is 0 Å². The van der Waals surface area contributed by atoms with Gasteiger partial charge in [-0.25, -0.2) is 0 Å². The molecule has 3 unspecified atom stereocenters. The quantitative estimate of drug-likeness (QED) is 0.203. The average molecular weight is 527 g/mol. The molecule has 6 nitrogen and oxygen atoms in total. The van der Waals surface area contributed by atoms with Gasteiger partial charge in [0, 0.05) is 5.41 Å². The molecule has 0 spiro atoms. The fourth-order valence-electron chi connectivity index (χ4n) is 4.29. The van der Waals surface area contributed by atoms with Gasteiger partial charge in [-0.3, -0.25) is 0 Å². The smallest absolute Gasteiger partial charge is 0.119 e. The Hall–Kier alpha value is -2.12. The zero-order chi connectivity index (χ0) is 27.2. The summed E-state index contributed by atoms with van der Waals surface area (Å²) in [6.45, 7) is 15.0. The molecule has 2 saturated heterocycles. The molecule has 2 aromatic carbocycles. The molecule has 6 heteroatoms. The minimum absolute atomic E-state index is 0.0870. The van der Waals surface area contributed by atoms with Crippen molar-refractivity contribution in [1.82, 2.24) is 5.32 Å². The molecule has 38 heavy (non-hydrogen) atoms. The number of ether oxygens (including phenoxy) is 4. The van der Waals surface area contributed by atoms with Gasteiger partial charge in [0.25, 0.3) is 0 Å². The number of rotatable bonds is 17. The zero-order valence-corrected chi connectivity index (χ0v) is 24.0. The number of unbranched alkanes of at least 4 members (excludes halogenated alkanes) is 1. The highest BCUT2D eigenvalue weighted by molar-refractivity contribution is 5.41. The van der Waals surface area contributed by atoms with Crippen molar-refractivity contribution in [1.29, 1.82) is 0 Å². The van der Waals surface area contributed by atoms with E-state index < -0.39 is 0 Å². The van der Waals surface area contributed by atoms with E-state index in [4.69, 9.17) is 24.7 Å². The lowest BCUT2D eigenvalue weighted by Crippen LogP contribution is -2.25. The summed E-state index contributed by atoms with van der Waals surface area (Å²) in [4.78, 5) is 0. The van der Waals surface area contributed by atoms with Crippen LogP contribution in [0.3, 0.4) is 0 Å². The van der Waals surface area contributed by atoms with Crippen LogP contribution in [0, 0.1) is 5.92 Å². The van der Waals surface area contributed by atoms with Crippen LogP contribution in [0.15, 0.2) is 48.5 Å². The number of benzene rings is 2. The predicted octanol–water partition coefficient (Wildman–Crippen LogP) is 5.71. The van der Waals surface area contributed by atoms with Crippen LogP contribution in [-0.4, -0.2) is 58.3 Å². The lowest BCUT2D eigenvalue weighted by atomic mass is 9.78. The third-order valence-electron chi connectivity index (χ3n) is 7.36. The van der Waals surface area contributed by atoms with E-state index in [-0.39, 0.29) is 17.6 Å². The first-order valence-electron chi connectivity index (χ1n) is 14.6. The second-order valence-corrected chi connectivity index (χ2v) is 11.0.